The molecule has 0 aliphatic rings. The maximum Gasteiger partial charge on any atom is 0.137 e. The molecule has 0 aliphatic carbocycles. The van der Waals surface area contributed by atoms with Gasteiger partial charge in [-0.1, -0.05) is 25.7 Å². The lowest BCUT2D eigenvalue weighted by Gasteiger charge is -2.16. The number of rotatable bonds is 7. The summed E-state index contributed by atoms with van der Waals surface area (Å²) in [5.74, 6) is -0.298. The number of halogens is 2. The Morgan fingerprint density at radius 3 is 2.64 bits per heavy atom. The molecule has 2 aromatic heterocycles. The van der Waals surface area contributed by atoms with Gasteiger partial charge in [-0.25, -0.2) is 9.37 Å². The zero-order chi connectivity index (χ0) is 20.3. The van der Waals surface area contributed by atoms with Crippen molar-refractivity contribution in [1.82, 2.24) is 14.5 Å². The molecule has 28 heavy (non-hydrogen) atoms. The van der Waals surface area contributed by atoms with Crippen LogP contribution in [0.1, 0.15) is 5.69 Å². The van der Waals surface area contributed by atoms with E-state index in [4.69, 9.17) is 4.74 Å². The monoisotopic (exact) mass is 461 g/mol. The molecule has 0 fully saturated rings. The molecule has 0 unspecified atom stereocenters. The van der Waals surface area contributed by atoms with Crippen molar-refractivity contribution < 1.29 is 9.13 Å². The summed E-state index contributed by atoms with van der Waals surface area (Å²) >= 11 is 3.27. The summed E-state index contributed by atoms with van der Waals surface area (Å²) in [6.07, 6.45) is 1.76. The molecule has 3 rings (SSSR count). The average molecular weight is 462 g/mol. The number of hydrogen-bond donors (Lipinski definition) is 0. The van der Waals surface area contributed by atoms with Crippen LogP contribution in [0, 0.1) is 12.7 Å². The molecule has 0 bridgehead atoms. The predicted molar refractivity (Wildman–Crippen MR) is 117 cm³/mol. The number of nitrogens with zero attached hydrogens (tertiary/aromatic N) is 3. The van der Waals surface area contributed by atoms with Gasteiger partial charge in [-0.15, -0.1) is 0 Å². The average Bonchev–Trinajstić information content (AvgIpc) is 3.04. The molecule has 7 heteroatoms. The third-order valence-corrected chi connectivity index (χ3v) is 6.70. The molecule has 0 radical (unpaired) electrons. The highest BCUT2D eigenvalue weighted by atomic mass is 79.9. The van der Waals surface area contributed by atoms with Crippen molar-refractivity contribution in [3.8, 4) is 22.6 Å². The molecule has 3 aromatic rings. The fourth-order valence-corrected chi connectivity index (χ4v) is 3.96. The molecule has 1 aromatic carbocycles. The molecule has 4 nitrogen and oxygen atoms in total. The zero-order valence-corrected chi connectivity index (χ0v) is 19.3. The Morgan fingerprint density at radius 2 is 1.96 bits per heavy atom. The molecular weight excluding hydrogens is 437 g/mol. The first-order chi connectivity index (χ1) is 13.2. The highest BCUT2D eigenvalue weighted by Crippen LogP contribution is 2.32. The summed E-state index contributed by atoms with van der Waals surface area (Å²) in [6.45, 7) is 10.1. The van der Waals surface area contributed by atoms with Crippen LogP contribution in [-0.2, 0) is 11.5 Å². The van der Waals surface area contributed by atoms with Crippen LogP contribution < -0.4 is 0 Å². The van der Waals surface area contributed by atoms with Gasteiger partial charge in [0.05, 0.1) is 27.9 Å². The second-order valence-electron chi connectivity index (χ2n) is 8.05. The van der Waals surface area contributed by atoms with E-state index < -0.39 is 8.07 Å². The number of benzene rings is 1. The van der Waals surface area contributed by atoms with Gasteiger partial charge in [0.25, 0.3) is 0 Å². The van der Waals surface area contributed by atoms with Gasteiger partial charge in [-0.2, -0.15) is 0 Å². The second kappa shape index (κ2) is 8.67. The van der Waals surface area contributed by atoms with Crippen molar-refractivity contribution in [3.05, 3.63) is 58.7 Å². The first-order valence-corrected chi connectivity index (χ1v) is 13.8. The van der Waals surface area contributed by atoms with Gasteiger partial charge in [-0.3, -0.25) is 4.98 Å². The number of pyridine rings is 1. The molecule has 0 spiro atoms. The van der Waals surface area contributed by atoms with Gasteiger partial charge in [0.1, 0.15) is 12.5 Å². The van der Waals surface area contributed by atoms with Gasteiger partial charge >= 0.3 is 0 Å². The molecular formula is C21H25BrFN3OSi. The SMILES string of the molecule is Cc1cccc(-c2c(-c3ccc(F)c(Br)c3)ncn2COCC[Si](C)(C)C)n1. The van der Waals surface area contributed by atoms with Crippen LogP contribution >= 0.6 is 15.9 Å². The lowest BCUT2D eigenvalue weighted by atomic mass is 10.1. The quantitative estimate of drug-likeness (QED) is 0.313. The van der Waals surface area contributed by atoms with Gasteiger partial charge in [0, 0.05) is 25.9 Å². The Morgan fingerprint density at radius 1 is 1.18 bits per heavy atom. The van der Waals surface area contributed by atoms with Crippen LogP contribution in [0.3, 0.4) is 0 Å². The number of hydrogen-bond acceptors (Lipinski definition) is 3. The standard InChI is InChI=1S/C21H25BrFN3OSi/c1-15-6-5-7-19(25-15)21-20(16-8-9-18(23)17(22)12-16)24-13-26(21)14-27-10-11-28(2,3)4/h5-9,12-13H,10-11,14H2,1-4H3. The van der Waals surface area contributed by atoms with E-state index in [1.165, 1.54) is 6.07 Å². The third kappa shape index (κ3) is 5.15. The van der Waals surface area contributed by atoms with Gasteiger partial charge in [0.2, 0.25) is 0 Å². The number of aromatic nitrogens is 3. The number of imidazole rings is 1. The van der Waals surface area contributed by atoms with Gasteiger partial charge < -0.3 is 9.30 Å². The topological polar surface area (TPSA) is 39.9 Å². The minimum Gasteiger partial charge on any atom is -0.361 e. The van der Waals surface area contributed by atoms with Crippen LogP contribution in [0.4, 0.5) is 4.39 Å². The zero-order valence-electron chi connectivity index (χ0n) is 16.7. The Balaban J connectivity index is 1.96. The Labute approximate surface area is 174 Å². The van der Waals surface area contributed by atoms with Crippen molar-refractivity contribution in [1.29, 1.82) is 0 Å². The van der Waals surface area contributed by atoms with Crippen molar-refractivity contribution >= 4 is 24.0 Å². The third-order valence-electron chi connectivity index (χ3n) is 4.39. The van der Waals surface area contributed by atoms with E-state index in [0.29, 0.717) is 11.2 Å². The lowest BCUT2D eigenvalue weighted by molar-refractivity contribution is 0.0881. The highest BCUT2D eigenvalue weighted by Gasteiger charge is 2.18. The van der Waals surface area contributed by atoms with Crippen LogP contribution in [0.25, 0.3) is 22.6 Å². The largest absolute Gasteiger partial charge is 0.361 e. The fraction of sp³-hybridized carbons (Fsp3) is 0.333. The van der Waals surface area contributed by atoms with Crippen molar-refractivity contribution in [2.75, 3.05) is 6.61 Å². The summed E-state index contributed by atoms with van der Waals surface area (Å²) in [6, 6.07) is 11.9. The Hall–Kier alpha value is -1.83. The van der Waals surface area contributed by atoms with Crippen LogP contribution in [-0.4, -0.2) is 29.2 Å². The fourth-order valence-electron chi connectivity index (χ4n) is 2.82. The smallest absolute Gasteiger partial charge is 0.137 e. The molecule has 0 N–H and O–H groups in total. The van der Waals surface area contributed by atoms with E-state index in [-0.39, 0.29) is 5.82 Å². The van der Waals surface area contributed by atoms with Gasteiger partial charge in [-0.05, 0) is 59.2 Å². The first kappa shape index (κ1) is 20.9. The summed E-state index contributed by atoms with van der Waals surface area (Å²) in [5, 5.41) is 0. The van der Waals surface area contributed by atoms with E-state index in [0.717, 1.165) is 41.0 Å². The van der Waals surface area contributed by atoms with E-state index in [9.17, 15) is 4.39 Å². The summed E-state index contributed by atoms with van der Waals surface area (Å²) in [4.78, 5) is 9.27. The minimum absolute atomic E-state index is 0.298. The maximum absolute atomic E-state index is 13.7. The Kier molecular flexibility index (Phi) is 6.47. The van der Waals surface area contributed by atoms with E-state index in [1.807, 2.05) is 29.7 Å². The summed E-state index contributed by atoms with van der Waals surface area (Å²) < 4.78 is 22.0. The van der Waals surface area contributed by atoms with E-state index in [1.54, 1.807) is 18.5 Å². The summed E-state index contributed by atoms with van der Waals surface area (Å²) in [5.41, 5.74) is 4.20. The molecule has 0 saturated heterocycles. The first-order valence-electron chi connectivity index (χ1n) is 9.27. The van der Waals surface area contributed by atoms with Gasteiger partial charge in [0.15, 0.2) is 0 Å². The molecule has 2 heterocycles. The van der Waals surface area contributed by atoms with E-state index >= 15 is 0 Å². The minimum atomic E-state index is -1.14. The lowest BCUT2D eigenvalue weighted by Crippen LogP contribution is -2.22. The molecule has 0 atom stereocenters. The van der Waals surface area contributed by atoms with Crippen LogP contribution in [0.5, 0.6) is 0 Å². The van der Waals surface area contributed by atoms with Crippen LogP contribution in [0.15, 0.2) is 47.2 Å². The highest BCUT2D eigenvalue weighted by molar-refractivity contribution is 9.10. The molecule has 0 saturated carbocycles. The van der Waals surface area contributed by atoms with Crippen molar-refractivity contribution in [2.45, 2.75) is 39.3 Å². The molecule has 0 aliphatic heterocycles. The normalized spacial score (nSPS) is 11.8. The number of aryl methyl sites for hydroxylation is 1. The number of ether oxygens (including phenoxy) is 1. The van der Waals surface area contributed by atoms with Crippen molar-refractivity contribution in [2.24, 2.45) is 0 Å². The summed E-state index contributed by atoms with van der Waals surface area (Å²) in [7, 11) is -1.14. The van der Waals surface area contributed by atoms with E-state index in [2.05, 4.69) is 45.5 Å². The van der Waals surface area contributed by atoms with Crippen LogP contribution in [0.2, 0.25) is 25.7 Å². The second-order valence-corrected chi connectivity index (χ2v) is 14.5. The van der Waals surface area contributed by atoms with Crippen molar-refractivity contribution in [3.63, 3.8) is 0 Å². The Bertz CT molecular complexity index is 969. The molecule has 0 amide bonds. The molecule has 148 valence electrons. The predicted octanol–water partition coefficient (Wildman–Crippen LogP) is 6.13. The maximum atomic E-state index is 13.7.